The van der Waals surface area contributed by atoms with E-state index in [1.165, 1.54) is 0 Å². The van der Waals surface area contributed by atoms with E-state index in [1.807, 2.05) is 0 Å². The quantitative estimate of drug-likeness (QED) is 0.772. The lowest BCUT2D eigenvalue weighted by atomic mass is 9.98. The normalized spacial score (nSPS) is 19.6. The number of carbonyl (C=O) groups is 2. The summed E-state index contributed by atoms with van der Waals surface area (Å²) in [6, 6.07) is 0. The van der Waals surface area contributed by atoms with Gasteiger partial charge < -0.3 is 15.5 Å². The third-order valence-electron chi connectivity index (χ3n) is 3.15. The van der Waals surface area contributed by atoms with E-state index in [4.69, 9.17) is 0 Å². The summed E-state index contributed by atoms with van der Waals surface area (Å²) in [5.74, 6) is -0.0440. The Morgan fingerprint density at radius 1 is 1.44 bits per heavy atom. The summed E-state index contributed by atoms with van der Waals surface area (Å²) in [4.78, 5) is 25.6. The Morgan fingerprint density at radius 3 is 2.61 bits per heavy atom. The van der Waals surface area contributed by atoms with Gasteiger partial charge in [-0.1, -0.05) is 0 Å². The third-order valence-corrected chi connectivity index (χ3v) is 3.15. The molecule has 2 amide bonds. The van der Waals surface area contributed by atoms with Crippen LogP contribution in [0.5, 0.6) is 0 Å². The van der Waals surface area contributed by atoms with E-state index >= 15 is 0 Å². The van der Waals surface area contributed by atoms with Crippen molar-refractivity contribution < 1.29 is 9.59 Å². The molecule has 0 unspecified atom stereocenters. The largest absolute Gasteiger partial charge is 0.352 e. The van der Waals surface area contributed by atoms with Crippen LogP contribution in [0.15, 0.2) is 0 Å². The van der Waals surface area contributed by atoms with Crippen LogP contribution in [-0.4, -0.2) is 47.4 Å². The predicted octanol–water partition coefficient (Wildman–Crippen LogP) is 0.502. The zero-order valence-corrected chi connectivity index (χ0v) is 12.1. The van der Waals surface area contributed by atoms with Gasteiger partial charge in [0.2, 0.25) is 11.8 Å². The lowest BCUT2D eigenvalue weighted by molar-refractivity contribution is -0.149. The van der Waals surface area contributed by atoms with Crippen LogP contribution in [-0.2, 0) is 9.59 Å². The van der Waals surface area contributed by atoms with Crippen LogP contribution in [0.25, 0.3) is 0 Å². The Labute approximate surface area is 109 Å². The molecule has 104 valence electrons. The van der Waals surface area contributed by atoms with Gasteiger partial charge in [0.15, 0.2) is 0 Å². The van der Waals surface area contributed by atoms with Gasteiger partial charge in [-0.25, -0.2) is 0 Å². The summed E-state index contributed by atoms with van der Waals surface area (Å²) in [5, 5.41) is 6.07. The van der Waals surface area contributed by atoms with Gasteiger partial charge in [0.25, 0.3) is 0 Å². The van der Waals surface area contributed by atoms with Crippen molar-refractivity contribution in [3.05, 3.63) is 0 Å². The van der Waals surface area contributed by atoms with Crippen LogP contribution in [0.3, 0.4) is 0 Å². The van der Waals surface area contributed by atoms with Crippen LogP contribution in [0.1, 0.15) is 41.0 Å². The van der Waals surface area contributed by atoms with Crippen molar-refractivity contribution in [1.29, 1.82) is 0 Å². The van der Waals surface area contributed by atoms with E-state index in [-0.39, 0.29) is 17.4 Å². The molecule has 1 aliphatic heterocycles. The van der Waals surface area contributed by atoms with E-state index in [0.29, 0.717) is 26.1 Å². The molecule has 1 saturated heterocycles. The molecule has 18 heavy (non-hydrogen) atoms. The molecule has 5 heteroatoms. The summed E-state index contributed by atoms with van der Waals surface area (Å²) >= 11 is 0. The predicted molar refractivity (Wildman–Crippen MR) is 71.2 cm³/mol. The molecular formula is C13H25N3O2. The van der Waals surface area contributed by atoms with Crippen molar-refractivity contribution >= 4 is 11.8 Å². The Balaban J connectivity index is 2.53. The van der Waals surface area contributed by atoms with Gasteiger partial charge in [-0.3, -0.25) is 9.59 Å². The number of hydrogen-bond acceptors (Lipinski definition) is 3. The standard InChI is InChI=1S/C13H25N3O2/c1-12(2,3)15-7-6-10(17)16-9-8-14-11(18)13(16,4)5/h15H,6-9H2,1-5H3,(H,14,18). The molecule has 1 rings (SSSR count). The highest BCUT2D eigenvalue weighted by atomic mass is 16.2. The van der Waals surface area contributed by atoms with Crippen molar-refractivity contribution in [2.75, 3.05) is 19.6 Å². The summed E-state index contributed by atoms with van der Waals surface area (Å²) in [5.41, 5.74) is -0.730. The number of nitrogens with one attached hydrogen (secondary N) is 2. The van der Waals surface area contributed by atoms with Crippen LogP contribution >= 0.6 is 0 Å². The highest BCUT2D eigenvalue weighted by Crippen LogP contribution is 2.18. The molecule has 0 aromatic carbocycles. The minimum atomic E-state index is -0.739. The van der Waals surface area contributed by atoms with Gasteiger partial charge in [0.05, 0.1) is 0 Å². The molecule has 0 radical (unpaired) electrons. The second kappa shape index (κ2) is 5.26. The first kappa shape index (κ1) is 15.0. The number of rotatable bonds is 3. The van der Waals surface area contributed by atoms with Gasteiger partial charge in [-0.05, 0) is 34.6 Å². The molecule has 0 bridgehead atoms. The van der Waals surface area contributed by atoms with Gasteiger partial charge in [0.1, 0.15) is 5.54 Å². The number of hydrogen-bond donors (Lipinski definition) is 2. The van der Waals surface area contributed by atoms with E-state index in [2.05, 4.69) is 31.4 Å². The molecule has 0 aromatic heterocycles. The van der Waals surface area contributed by atoms with Gasteiger partial charge >= 0.3 is 0 Å². The first-order valence-electron chi connectivity index (χ1n) is 6.48. The Hall–Kier alpha value is -1.10. The fourth-order valence-electron chi connectivity index (χ4n) is 2.02. The molecule has 0 saturated carbocycles. The molecule has 0 spiro atoms. The second-order valence-electron chi connectivity index (χ2n) is 6.29. The highest BCUT2D eigenvalue weighted by Gasteiger charge is 2.39. The SMILES string of the molecule is CC(C)(C)NCCC(=O)N1CCNC(=O)C1(C)C. The number of piperazine rings is 1. The minimum absolute atomic E-state index is 0.00900. The molecule has 0 atom stereocenters. The van der Waals surface area contributed by atoms with E-state index in [1.54, 1.807) is 18.7 Å². The average Bonchev–Trinajstić information content (AvgIpc) is 2.19. The van der Waals surface area contributed by atoms with Crippen molar-refractivity contribution in [3.8, 4) is 0 Å². The van der Waals surface area contributed by atoms with Crippen molar-refractivity contribution in [2.24, 2.45) is 0 Å². The zero-order chi connectivity index (χ0) is 14.0. The Bertz CT molecular complexity index is 332. The fraction of sp³-hybridized carbons (Fsp3) is 0.846. The Morgan fingerprint density at radius 2 is 2.06 bits per heavy atom. The summed E-state index contributed by atoms with van der Waals surface area (Å²) in [7, 11) is 0. The van der Waals surface area contributed by atoms with Crippen molar-refractivity contribution in [3.63, 3.8) is 0 Å². The maximum atomic E-state index is 12.2. The maximum Gasteiger partial charge on any atom is 0.245 e. The fourth-order valence-corrected chi connectivity index (χ4v) is 2.02. The molecular weight excluding hydrogens is 230 g/mol. The first-order valence-corrected chi connectivity index (χ1v) is 6.48. The second-order valence-corrected chi connectivity index (χ2v) is 6.29. The van der Waals surface area contributed by atoms with E-state index in [0.717, 1.165) is 0 Å². The summed E-state index contributed by atoms with van der Waals surface area (Å²) in [6.45, 7) is 11.5. The molecule has 0 aliphatic carbocycles. The molecule has 1 aliphatic rings. The molecule has 1 heterocycles. The first-order chi connectivity index (χ1) is 8.14. The Kier molecular flexibility index (Phi) is 4.37. The average molecular weight is 255 g/mol. The third kappa shape index (κ3) is 3.70. The summed E-state index contributed by atoms with van der Waals surface area (Å²) in [6.07, 6.45) is 0.425. The smallest absolute Gasteiger partial charge is 0.245 e. The molecule has 1 fully saturated rings. The molecule has 2 N–H and O–H groups in total. The monoisotopic (exact) mass is 255 g/mol. The summed E-state index contributed by atoms with van der Waals surface area (Å²) < 4.78 is 0. The molecule has 0 aromatic rings. The minimum Gasteiger partial charge on any atom is -0.352 e. The van der Waals surface area contributed by atoms with Gasteiger partial charge in [-0.2, -0.15) is 0 Å². The van der Waals surface area contributed by atoms with E-state index in [9.17, 15) is 9.59 Å². The lowest BCUT2D eigenvalue weighted by Gasteiger charge is -2.41. The number of carbonyl (C=O) groups excluding carboxylic acids is 2. The number of amides is 2. The van der Waals surface area contributed by atoms with E-state index < -0.39 is 5.54 Å². The van der Waals surface area contributed by atoms with Crippen LogP contribution in [0.4, 0.5) is 0 Å². The van der Waals surface area contributed by atoms with Crippen molar-refractivity contribution in [1.82, 2.24) is 15.5 Å². The van der Waals surface area contributed by atoms with Crippen LogP contribution in [0.2, 0.25) is 0 Å². The highest BCUT2D eigenvalue weighted by molar-refractivity contribution is 5.91. The molecule has 5 nitrogen and oxygen atoms in total. The van der Waals surface area contributed by atoms with Gasteiger partial charge in [0, 0.05) is 31.6 Å². The van der Waals surface area contributed by atoms with Gasteiger partial charge in [-0.15, -0.1) is 0 Å². The zero-order valence-electron chi connectivity index (χ0n) is 12.1. The van der Waals surface area contributed by atoms with Crippen molar-refractivity contribution in [2.45, 2.75) is 52.1 Å². The van der Waals surface area contributed by atoms with Crippen LogP contribution in [0, 0.1) is 0 Å². The lowest BCUT2D eigenvalue weighted by Crippen LogP contribution is -2.63. The topological polar surface area (TPSA) is 61.4 Å². The van der Waals surface area contributed by atoms with Crippen LogP contribution < -0.4 is 10.6 Å². The maximum absolute atomic E-state index is 12.2. The number of nitrogens with zero attached hydrogens (tertiary/aromatic N) is 1.